The molecule has 3 aromatic rings. The van der Waals surface area contributed by atoms with E-state index in [4.69, 9.17) is 9.47 Å². The molecule has 0 fully saturated rings. The molecule has 6 nitrogen and oxygen atoms in total. The maximum absolute atomic E-state index is 12.3. The van der Waals surface area contributed by atoms with E-state index in [0.717, 1.165) is 0 Å². The smallest absolute Gasteiger partial charge is 0.343 e. The molecule has 1 N–H and O–H groups in total. The van der Waals surface area contributed by atoms with Gasteiger partial charge in [-0.15, -0.1) is 0 Å². The zero-order valence-electron chi connectivity index (χ0n) is 15.2. The van der Waals surface area contributed by atoms with Crippen LogP contribution >= 0.6 is 0 Å². The predicted molar refractivity (Wildman–Crippen MR) is 106 cm³/mol. The average molecular weight is 374 g/mol. The first-order valence-electron chi connectivity index (χ1n) is 8.51. The van der Waals surface area contributed by atoms with E-state index in [2.05, 4.69) is 10.5 Å². The second kappa shape index (κ2) is 9.14. The number of ether oxygens (including phenoxy) is 2. The van der Waals surface area contributed by atoms with Crippen molar-refractivity contribution in [3.05, 3.63) is 95.6 Å². The molecule has 0 spiro atoms. The fraction of sp³-hybridized carbons (Fsp3) is 0.0455. The van der Waals surface area contributed by atoms with Crippen LogP contribution in [0.2, 0.25) is 0 Å². The highest BCUT2D eigenvalue weighted by Gasteiger charge is 2.12. The molecule has 0 heterocycles. The zero-order chi connectivity index (χ0) is 19.8. The van der Waals surface area contributed by atoms with E-state index >= 15 is 0 Å². The van der Waals surface area contributed by atoms with Crippen molar-refractivity contribution in [1.82, 2.24) is 5.43 Å². The third kappa shape index (κ3) is 4.82. The van der Waals surface area contributed by atoms with Gasteiger partial charge in [0, 0.05) is 5.56 Å². The summed E-state index contributed by atoms with van der Waals surface area (Å²) in [5.74, 6) is -0.143. The van der Waals surface area contributed by atoms with Crippen molar-refractivity contribution in [1.29, 1.82) is 0 Å². The number of carbonyl (C=O) groups excluding carboxylic acids is 2. The van der Waals surface area contributed by atoms with E-state index in [0.29, 0.717) is 22.4 Å². The Kier molecular flexibility index (Phi) is 6.15. The van der Waals surface area contributed by atoms with Crippen LogP contribution in [-0.2, 0) is 0 Å². The molecule has 28 heavy (non-hydrogen) atoms. The van der Waals surface area contributed by atoms with Crippen molar-refractivity contribution < 1.29 is 19.1 Å². The van der Waals surface area contributed by atoms with Crippen LogP contribution in [0.5, 0.6) is 11.5 Å². The molecular weight excluding hydrogens is 356 g/mol. The van der Waals surface area contributed by atoms with Crippen molar-refractivity contribution in [2.45, 2.75) is 0 Å². The maximum atomic E-state index is 12.3. The Morgan fingerprint density at radius 2 is 1.50 bits per heavy atom. The molecule has 0 aliphatic heterocycles. The predicted octanol–water partition coefficient (Wildman–Crippen LogP) is 3.68. The number of carbonyl (C=O) groups is 2. The lowest BCUT2D eigenvalue weighted by atomic mass is 10.2. The molecule has 3 aromatic carbocycles. The Labute approximate surface area is 162 Å². The summed E-state index contributed by atoms with van der Waals surface area (Å²) < 4.78 is 10.7. The van der Waals surface area contributed by atoms with Crippen LogP contribution in [0.1, 0.15) is 26.3 Å². The van der Waals surface area contributed by atoms with Crippen LogP contribution in [-0.4, -0.2) is 25.2 Å². The first-order chi connectivity index (χ1) is 13.7. The van der Waals surface area contributed by atoms with E-state index in [1.807, 2.05) is 12.1 Å². The Morgan fingerprint density at radius 1 is 0.857 bits per heavy atom. The van der Waals surface area contributed by atoms with Crippen molar-refractivity contribution in [3.63, 3.8) is 0 Å². The molecule has 0 unspecified atom stereocenters. The standard InChI is InChI=1S/C22H18N2O4/c1-27-19-13-12-16(15-23-24-21(25)17-8-4-2-5-9-17)14-20(19)28-22(26)18-10-6-3-7-11-18/h2-15H,1H3,(H,24,25)/b23-15-. The number of nitrogens with zero attached hydrogens (tertiary/aromatic N) is 1. The van der Waals surface area contributed by atoms with Gasteiger partial charge in [-0.1, -0.05) is 36.4 Å². The lowest BCUT2D eigenvalue weighted by Crippen LogP contribution is -2.17. The molecule has 0 saturated carbocycles. The van der Waals surface area contributed by atoms with Gasteiger partial charge in [-0.3, -0.25) is 4.79 Å². The number of hydrazone groups is 1. The molecular formula is C22H18N2O4. The van der Waals surface area contributed by atoms with Gasteiger partial charge < -0.3 is 9.47 Å². The third-order valence-electron chi connectivity index (χ3n) is 3.82. The Hall–Kier alpha value is -3.93. The van der Waals surface area contributed by atoms with Crippen LogP contribution in [0.4, 0.5) is 0 Å². The highest BCUT2D eigenvalue weighted by atomic mass is 16.6. The van der Waals surface area contributed by atoms with Gasteiger partial charge in [0.2, 0.25) is 0 Å². The largest absolute Gasteiger partial charge is 0.493 e. The summed E-state index contributed by atoms with van der Waals surface area (Å²) in [6.07, 6.45) is 1.46. The Bertz CT molecular complexity index is 986. The van der Waals surface area contributed by atoms with Gasteiger partial charge in [0.25, 0.3) is 5.91 Å². The Morgan fingerprint density at radius 3 is 2.14 bits per heavy atom. The molecule has 0 aliphatic carbocycles. The van der Waals surface area contributed by atoms with Gasteiger partial charge in [-0.25, -0.2) is 10.2 Å². The molecule has 0 radical (unpaired) electrons. The monoisotopic (exact) mass is 374 g/mol. The number of hydrogen-bond acceptors (Lipinski definition) is 5. The molecule has 0 aliphatic rings. The summed E-state index contributed by atoms with van der Waals surface area (Å²) >= 11 is 0. The summed E-state index contributed by atoms with van der Waals surface area (Å²) in [5, 5.41) is 3.95. The minimum atomic E-state index is -0.495. The second-order valence-electron chi connectivity index (χ2n) is 5.73. The maximum Gasteiger partial charge on any atom is 0.343 e. The SMILES string of the molecule is COc1ccc(/C=N\NC(=O)c2ccccc2)cc1OC(=O)c1ccccc1. The van der Waals surface area contributed by atoms with Crippen molar-refractivity contribution in [2.24, 2.45) is 5.10 Å². The number of hydrogen-bond donors (Lipinski definition) is 1. The number of rotatable bonds is 6. The van der Waals surface area contributed by atoms with Gasteiger partial charge in [-0.2, -0.15) is 5.10 Å². The van der Waals surface area contributed by atoms with Crippen LogP contribution < -0.4 is 14.9 Å². The van der Waals surface area contributed by atoms with E-state index < -0.39 is 5.97 Å². The summed E-state index contributed by atoms with van der Waals surface area (Å²) in [7, 11) is 1.49. The summed E-state index contributed by atoms with van der Waals surface area (Å²) in [6.45, 7) is 0. The molecule has 1 amide bonds. The first-order valence-corrected chi connectivity index (χ1v) is 8.51. The molecule has 0 aromatic heterocycles. The zero-order valence-corrected chi connectivity index (χ0v) is 15.2. The minimum absolute atomic E-state index is 0.259. The van der Waals surface area contributed by atoms with Gasteiger partial charge in [0.15, 0.2) is 11.5 Å². The van der Waals surface area contributed by atoms with Gasteiger partial charge in [0.1, 0.15) is 0 Å². The topological polar surface area (TPSA) is 77.0 Å². The van der Waals surface area contributed by atoms with Crippen LogP contribution in [0.3, 0.4) is 0 Å². The number of nitrogens with one attached hydrogen (secondary N) is 1. The first kappa shape index (κ1) is 18.8. The summed E-state index contributed by atoms with van der Waals surface area (Å²) in [5.41, 5.74) is 4.02. The number of amides is 1. The average Bonchev–Trinajstić information content (AvgIpc) is 2.75. The van der Waals surface area contributed by atoms with E-state index in [1.54, 1.807) is 66.7 Å². The highest BCUT2D eigenvalue weighted by Crippen LogP contribution is 2.28. The van der Waals surface area contributed by atoms with E-state index in [-0.39, 0.29) is 11.7 Å². The van der Waals surface area contributed by atoms with E-state index in [9.17, 15) is 9.59 Å². The van der Waals surface area contributed by atoms with Crippen molar-refractivity contribution in [3.8, 4) is 11.5 Å². The van der Waals surface area contributed by atoms with E-state index in [1.165, 1.54) is 13.3 Å². The molecule has 0 saturated heterocycles. The molecule has 3 rings (SSSR count). The fourth-order valence-corrected chi connectivity index (χ4v) is 2.41. The molecule has 140 valence electrons. The van der Waals surface area contributed by atoms with Gasteiger partial charge in [0.05, 0.1) is 18.9 Å². The third-order valence-corrected chi connectivity index (χ3v) is 3.82. The lowest BCUT2D eigenvalue weighted by Gasteiger charge is -2.10. The number of methoxy groups -OCH3 is 1. The number of esters is 1. The molecule has 0 bridgehead atoms. The molecule has 6 heteroatoms. The fourth-order valence-electron chi connectivity index (χ4n) is 2.41. The number of benzene rings is 3. The van der Waals surface area contributed by atoms with Crippen LogP contribution in [0.15, 0.2) is 84.0 Å². The normalized spacial score (nSPS) is 10.5. The Balaban J connectivity index is 1.71. The van der Waals surface area contributed by atoms with Crippen molar-refractivity contribution >= 4 is 18.1 Å². The van der Waals surface area contributed by atoms with Gasteiger partial charge in [-0.05, 0) is 48.0 Å². The molecule has 0 atom stereocenters. The van der Waals surface area contributed by atoms with Crippen LogP contribution in [0.25, 0.3) is 0 Å². The summed E-state index contributed by atoms with van der Waals surface area (Å²) in [6, 6.07) is 22.4. The van der Waals surface area contributed by atoms with Crippen molar-refractivity contribution in [2.75, 3.05) is 7.11 Å². The minimum Gasteiger partial charge on any atom is -0.493 e. The highest BCUT2D eigenvalue weighted by molar-refractivity contribution is 5.95. The van der Waals surface area contributed by atoms with Gasteiger partial charge >= 0.3 is 5.97 Å². The lowest BCUT2D eigenvalue weighted by molar-refractivity contribution is 0.0729. The summed E-state index contributed by atoms with van der Waals surface area (Å²) in [4.78, 5) is 24.3. The van der Waals surface area contributed by atoms with Crippen LogP contribution in [0, 0.1) is 0 Å². The second-order valence-corrected chi connectivity index (χ2v) is 5.73. The quantitative estimate of drug-likeness (QED) is 0.309.